The van der Waals surface area contributed by atoms with Crippen molar-refractivity contribution < 1.29 is 9.90 Å². The van der Waals surface area contributed by atoms with Crippen molar-refractivity contribution >= 4 is 23.4 Å². The fourth-order valence-electron chi connectivity index (χ4n) is 2.33. The third-order valence-electron chi connectivity index (χ3n) is 3.68. The van der Waals surface area contributed by atoms with Crippen molar-refractivity contribution in [3.8, 4) is 0 Å². The molecule has 5 heteroatoms. The lowest BCUT2D eigenvalue weighted by Gasteiger charge is -2.35. The van der Waals surface area contributed by atoms with Crippen molar-refractivity contribution in [1.82, 2.24) is 4.90 Å². The van der Waals surface area contributed by atoms with Crippen molar-refractivity contribution in [2.24, 2.45) is 0 Å². The van der Waals surface area contributed by atoms with Gasteiger partial charge in [0, 0.05) is 18.0 Å². The van der Waals surface area contributed by atoms with Crippen LogP contribution in [0.2, 0.25) is 0 Å². The molecule has 1 heterocycles. The van der Waals surface area contributed by atoms with E-state index < -0.39 is 5.60 Å². The predicted octanol–water partition coefficient (Wildman–Crippen LogP) is 2.19. The Morgan fingerprint density at radius 3 is 2.70 bits per heavy atom. The lowest BCUT2D eigenvalue weighted by molar-refractivity contribution is -0.118. The van der Waals surface area contributed by atoms with Gasteiger partial charge in [-0.25, -0.2) is 0 Å². The number of rotatable bonds is 4. The topological polar surface area (TPSA) is 52.6 Å². The number of amides is 1. The molecule has 0 aromatic heterocycles. The Morgan fingerprint density at radius 2 is 2.05 bits per heavy atom. The fourth-order valence-corrected chi connectivity index (χ4v) is 2.89. The number of thioether (sulfide) groups is 1. The van der Waals surface area contributed by atoms with Gasteiger partial charge in [0.15, 0.2) is 0 Å². The summed E-state index contributed by atoms with van der Waals surface area (Å²) >= 11 is 1.62. The van der Waals surface area contributed by atoms with E-state index in [1.807, 2.05) is 37.4 Å². The molecule has 0 spiro atoms. The van der Waals surface area contributed by atoms with Crippen molar-refractivity contribution in [2.45, 2.75) is 30.3 Å². The first-order chi connectivity index (χ1) is 9.50. The zero-order valence-corrected chi connectivity index (χ0v) is 12.9. The Bertz CT molecular complexity index is 467. The first-order valence-electron chi connectivity index (χ1n) is 6.88. The summed E-state index contributed by atoms with van der Waals surface area (Å²) in [6, 6.07) is 7.81. The van der Waals surface area contributed by atoms with E-state index in [4.69, 9.17) is 0 Å². The van der Waals surface area contributed by atoms with Crippen LogP contribution in [0.25, 0.3) is 0 Å². The third kappa shape index (κ3) is 4.23. The van der Waals surface area contributed by atoms with E-state index in [-0.39, 0.29) is 5.91 Å². The maximum Gasteiger partial charge on any atom is 0.238 e. The highest BCUT2D eigenvalue weighted by Crippen LogP contribution is 2.25. The first kappa shape index (κ1) is 15.4. The number of likely N-dealkylation sites (tertiary alicyclic amines) is 1. The van der Waals surface area contributed by atoms with Crippen LogP contribution in [0.3, 0.4) is 0 Å². The molecule has 2 N–H and O–H groups in total. The molecule has 0 atom stereocenters. The molecule has 2 rings (SSSR count). The van der Waals surface area contributed by atoms with Gasteiger partial charge in [0.05, 0.1) is 17.8 Å². The summed E-state index contributed by atoms with van der Waals surface area (Å²) in [6.45, 7) is 3.78. The highest BCUT2D eigenvalue weighted by molar-refractivity contribution is 7.98. The number of carbonyl (C=O) groups is 1. The number of hydrogen-bond donors (Lipinski definition) is 2. The van der Waals surface area contributed by atoms with Crippen molar-refractivity contribution in [2.75, 3.05) is 31.2 Å². The summed E-state index contributed by atoms with van der Waals surface area (Å²) in [5.74, 6) is 0.00745. The molecule has 0 radical (unpaired) electrons. The first-order valence-corrected chi connectivity index (χ1v) is 8.10. The molecule has 110 valence electrons. The van der Waals surface area contributed by atoms with Crippen molar-refractivity contribution in [3.05, 3.63) is 24.3 Å². The largest absolute Gasteiger partial charge is 0.390 e. The number of para-hydroxylation sites is 1. The molecule has 0 bridgehead atoms. The van der Waals surface area contributed by atoms with E-state index in [0.29, 0.717) is 6.54 Å². The SMILES string of the molecule is CSc1ccccc1NC(=O)CN1CCC(C)(O)CC1. The second kappa shape index (κ2) is 6.61. The lowest BCUT2D eigenvalue weighted by Crippen LogP contribution is -2.45. The number of aliphatic hydroxyl groups is 1. The average molecular weight is 294 g/mol. The number of anilines is 1. The highest BCUT2D eigenvalue weighted by Gasteiger charge is 2.28. The van der Waals surface area contributed by atoms with Crippen molar-refractivity contribution in [1.29, 1.82) is 0 Å². The number of nitrogens with one attached hydrogen (secondary N) is 1. The van der Waals surface area contributed by atoms with Crippen LogP contribution >= 0.6 is 11.8 Å². The smallest absolute Gasteiger partial charge is 0.238 e. The Balaban J connectivity index is 1.87. The number of nitrogens with zero attached hydrogens (tertiary/aromatic N) is 1. The fraction of sp³-hybridized carbons (Fsp3) is 0.533. The summed E-state index contributed by atoms with van der Waals surface area (Å²) in [5, 5.41) is 12.9. The number of piperidine rings is 1. The molecule has 1 amide bonds. The van der Waals surface area contributed by atoms with Gasteiger partial charge in [0.25, 0.3) is 0 Å². The van der Waals surface area contributed by atoms with Crippen LogP contribution < -0.4 is 5.32 Å². The lowest BCUT2D eigenvalue weighted by atomic mass is 9.94. The van der Waals surface area contributed by atoms with Gasteiger partial charge in [-0.3, -0.25) is 9.69 Å². The Labute approximate surface area is 124 Å². The molecule has 0 unspecified atom stereocenters. The standard InChI is InChI=1S/C15H22N2O2S/c1-15(19)7-9-17(10-8-15)11-14(18)16-12-5-3-4-6-13(12)20-2/h3-6,19H,7-11H2,1-2H3,(H,16,18). The molecule has 1 aromatic rings. The van der Waals surface area contributed by atoms with Gasteiger partial charge in [0.2, 0.25) is 5.91 Å². The van der Waals surface area contributed by atoms with Gasteiger partial charge < -0.3 is 10.4 Å². The minimum Gasteiger partial charge on any atom is -0.390 e. The minimum absolute atomic E-state index is 0.00745. The van der Waals surface area contributed by atoms with Gasteiger partial charge in [-0.1, -0.05) is 12.1 Å². The van der Waals surface area contributed by atoms with Gasteiger partial charge in [-0.05, 0) is 38.2 Å². The second-order valence-electron chi connectivity index (χ2n) is 5.52. The third-order valence-corrected chi connectivity index (χ3v) is 4.48. The number of hydrogen-bond acceptors (Lipinski definition) is 4. The zero-order chi connectivity index (χ0) is 14.6. The Morgan fingerprint density at radius 1 is 1.40 bits per heavy atom. The normalized spacial score (nSPS) is 18.8. The van der Waals surface area contributed by atoms with Crippen molar-refractivity contribution in [3.63, 3.8) is 0 Å². The van der Waals surface area contributed by atoms with Crippen LogP contribution in [0.4, 0.5) is 5.69 Å². The zero-order valence-electron chi connectivity index (χ0n) is 12.1. The van der Waals surface area contributed by atoms with Gasteiger partial charge in [-0.2, -0.15) is 0 Å². The number of carbonyl (C=O) groups excluding carboxylic acids is 1. The van der Waals surface area contributed by atoms with Gasteiger partial charge >= 0.3 is 0 Å². The maximum atomic E-state index is 12.1. The maximum absolute atomic E-state index is 12.1. The molecule has 1 fully saturated rings. The van der Waals surface area contributed by atoms with Crippen LogP contribution in [0.15, 0.2) is 29.2 Å². The summed E-state index contributed by atoms with van der Waals surface area (Å²) < 4.78 is 0. The second-order valence-corrected chi connectivity index (χ2v) is 6.37. The van der Waals surface area contributed by atoms with Crippen LogP contribution in [0.5, 0.6) is 0 Å². The molecule has 1 saturated heterocycles. The summed E-state index contributed by atoms with van der Waals surface area (Å²) in [4.78, 5) is 15.2. The van der Waals surface area contributed by atoms with E-state index in [1.165, 1.54) is 0 Å². The summed E-state index contributed by atoms with van der Waals surface area (Å²) in [6.07, 6.45) is 3.45. The monoisotopic (exact) mass is 294 g/mol. The quantitative estimate of drug-likeness (QED) is 0.836. The van der Waals surface area contributed by atoms with E-state index in [0.717, 1.165) is 36.5 Å². The highest BCUT2D eigenvalue weighted by atomic mass is 32.2. The van der Waals surface area contributed by atoms with E-state index in [9.17, 15) is 9.90 Å². The minimum atomic E-state index is -0.571. The van der Waals surface area contributed by atoms with Crippen LogP contribution in [0.1, 0.15) is 19.8 Å². The molecular formula is C15H22N2O2S. The molecule has 1 aromatic carbocycles. The Hall–Kier alpha value is -1.04. The molecule has 20 heavy (non-hydrogen) atoms. The van der Waals surface area contributed by atoms with E-state index in [2.05, 4.69) is 10.2 Å². The average Bonchev–Trinajstić information content (AvgIpc) is 2.42. The van der Waals surface area contributed by atoms with Gasteiger partial charge in [-0.15, -0.1) is 11.8 Å². The number of benzene rings is 1. The van der Waals surface area contributed by atoms with Crippen LogP contribution in [0, 0.1) is 0 Å². The van der Waals surface area contributed by atoms with E-state index in [1.54, 1.807) is 11.8 Å². The molecule has 0 saturated carbocycles. The molecule has 1 aliphatic heterocycles. The summed E-state index contributed by atoms with van der Waals surface area (Å²) in [7, 11) is 0. The molecule has 1 aliphatic rings. The molecule has 0 aliphatic carbocycles. The van der Waals surface area contributed by atoms with Crippen LogP contribution in [-0.4, -0.2) is 47.4 Å². The predicted molar refractivity (Wildman–Crippen MR) is 83.2 cm³/mol. The molecule has 4 nitrogen and oxygen atoms in total. The van der Waals surface area contributed by atoms with Gasteiger partial charge in [0.1, 0.15) is 0 Å². The Kier molecular flexibility index (Phi) is 5.07. The van der Waals surface area contributed by atoms with E-state index >= 15 is 0 Å². The molecular weight excluding hydrogens is 272 g/mol. The van der Waals surface area contributed by atoms with Crippen LogP contribution in [-0.2, 0) is 4.79 Å². The summed E-state index contributed by atoms with van der Waals surface area (Å²) in [5.41, 5.74) is 0.298.